The molecule has 1 unspecified atom stereocenters. The molecular formula is C16H24N2O2. The maximum Gasteiger partial charge on any atom is 0.331 e. The van der Waals surface area contributed by atoms with Gasteiger partial charge in [-0.05, 0) is 51.9 Å². The van der Waals surface area contributed by atoms with Gasteiger partial charge in [-0.3, -0.25) is 0 Å². The summed E-state index contributed by atoms with van der Waals surface area (Å²) < 4.78 is 5.06. The SMILES string of the molecule is COC(=O)C1(Nc2ccc(C)cc2)CCCN(C)CC1. The van der Waals surface area contributed by atoms with Crippen LogP contribution in [0, 0.1) is 6.92 Å². The van der Waals surface area contributed by atoms with E-state index in [-0.39, 0.29) is 5.97 Å². The molecule has 1 N–H and O–H groups in total. The molecule has 1 aromatic carbocycles. The summed E-state index contributed by atoms with van der Waals surface area (Å²) in [6, 6.07) is 8.15. The van der Waals surface area contributed by atoms with Crippen molar-refractivity contribution in [2.75, 3.05) is 32.6 Å². The molecule has 20 heavy (non-hydrogen) atoms. The monoisotopic (exact) mass is 276 g/mol. The van der Waals surface area contributed by atoms with E-state index < -0.39 is 5.54 Å². The van der Waals surface area contributed by atoms with Crippen LogP contribution in [0.4, 0.5) is 5.69 Å². The van der Waals surface area contributed by atoms with Crippen molar-refractivity contribution in [1.82, 2.24) is 4.90 Å². The molecule has 1 fully saturated rings. The van der Waals surface area contributed by atoms with Crippen molar-refractivity contribution < 1.29 is 9.53 Å². The zero-order chi connectivity index (χ0) is 14.6. The van der Waals surface area contributed by atoms with Gasteiger partial charge in [0.25, 0.3) is 0 Å². The van der Waals surface area contributed by atoms with Gasteiger partial charge in [0, 0.05) is 12.2 Å². The van der Waals surface area contributed by atoms with Crippen molar-refractivity contribution in [1.29, 1.82) is 0 Å². The number of hydrogen-bond donors (Lipinski definition) is 1. The molecule has 0 aliphatic carbocycles. The number of hydrogen-bond acceptors (Lipinski definition) is 4. The predicted molar refractivity (Wildman–Crippen MR) is 80.9 cm³/mol. The number of aryl methyl sites for hydroxylation is 1. The summed E-state index contributed by atoms with van der Waals surface area (Å²) in [6.45, 7) is 3.97. The van der Waals surface area contributed by atoms with E-state index in [4.69, 9.17) is 4.74 Å². The first-order chi connectivity index (χ1) is 9.55. The van der Waals surface area contributed by atoms with Gasteiger partial charge >= 0.3 is 5.97 Å². The topological polar surface area (TPSA) is 41.6 Å². The van der Waals surface area contributed by atoms with Crippen molar-refractivity contribution in [2.24, 2.45) is 0 Å². The summed E-state index contributed by atoms with van der Waals surface area (Å²) in [4.78, 5) is 14.6. The quantitative estimate of drug-likeness (QED) is 0.861. The standard InChI is InChI=1S/C16H24N2O2/c1-13-5-7-14(8-6-13)17-16(15(19)20-3)9-4-11-18(2)12-10-16/h5-8,17H,4,9-12H2,1-3H3. The fourth-order valence-electron chi connectivity index (χ4n) is 2.76. The van der Waals surface area contributed by atoms with E-state index in [1.165, 1.54) is 12.7 Å². The number of carbonyl (C=O) groups excluding carboxylic acids is 1. The number of methoxy groups -OCH3 is 1. The van der Waals surface area contributed by atoms with Crippen LogP contribution in [0.2, 0.25) is 0 Å². The van der Waals surface area contributed by atoms with Gasteiger partial charge in [-0.15, -0.1) is 0 Å². The van der Waals surface area contributed by atoms with Gasteiger partial charge in [0.15, 0.2) is 0 Å². The fourth-order valence-corrected chi connectivity index (χ4v) is 2.76. The molecule has 0 saturated carbocycles. The minimum atomic E-state index is -0.602. The smallest absolute Gasteiger partial charge is 0.331 e. The van der Waals surface area contributed by atoms with Gasteiger partial charge in [0.1, 0.15) is 5.54 Å². The Balaban J connectivity index is 2.22. The second-order valence-electron chi connectivity index (χ2n) is 5.72. The second kappa shape index (κ2) is 6.27. The van der Waals surface area contributed by atoms with Crippen LogP contribution in [0.15, 0.2) is 24.3 Å². The van der Waals surface area contributed by atoms with Crippen LogP contribution >= 0.6 is 0 Å². The second-order valence-corrected chi connectivity index (χ2v) is 5.72. The Morgan fingerprint density at radius 3 is 2.60 bits per heavy atom. The minimum absolute atomic E-state index is 0.159. The molecular weight excluding hydrogens is 252 g/mol. The van der Waals surface area contributed by atoms with Crippen LogP contribution in [0.25, 0.3) is 0 Å². The van der Waals surface area contributed by atoms with Crippen molar-refractivity contribution >= 4 is 11.7 Å². The first-order valence-corrected chi connectivity index (χ1v) is 7.17. The largest absolute Gasteiger partial charge is 0.467 e. The van der Waals surface area contributed by atoms with E-state index in [0.717, 1.165) is 38.0 Å². The fraction of sp³-hybridized carbons (Fsp3) is 0.562. The first kappa shape index (κ1) is 14.9. The third kappa shape index (κ3) is 3.31. The van der Waals surface area contributed by atoms with Gasteiger partial charge in [0.05, 0.1) is 7.11 Å². The molecule has 0 aromatic heterocycles. The van der Waals surface area contributed by atoms with Crippen LogP contribution in [0.1, 0.15) is 24.8 Å². The molecule has 110 valence electrons. The summed E-state index contributed by atoms with van der Waals surface area (Å²) in [5.41, 5.74) is 1.59. The van der Waals surface area contributed by atoms with Crippen LogP contribution in [-0.2, 0) is 9.53 Å². The summed E-state index contributed by atoms with van der Waals surface area (Å²) >= 11 is 0. The molecule has 1 aliphatic rings. The zero-order valence-electron chi connectivity index (χ0n) is 12.6. The van der Waals surface area contributed by atoms with E-state index in [9.17, 15) is 4.79 Å². The molecule has 0 bridgehead atoms. The van der Waals surface area contributed by atoms with Gasteiger partial charge < -0.3 is 15.0 Å². The Morgan fingerprint density at radius 1 is 1.25 bits per heavy atom. The summed E-state index contributed by atoms with van der Waals surface area (Å²) in [5.74, 6) is -0.159. The Bertz CT molecular complexity index is 458. The van der Waals surface area contributed by atoms with E-state index in [1.807, 2.05) is 12.1 Å². The van der Waals surface area contributed by atoms with Crippen LogP contribution in [0.5, 0.6) is 0 Å². The highest BCUT2D eigenvalue weighted by Crippen LogP contribution is 2.28. The number of anilines is 1. The number of likely N-dealkylation sites (tertiary alicyclic amines) is 1. The number of benzene rings is 1. The maximum absolute atomic E-state index is 12.3. The molecule has 1 aliphatic heterocycles. The average Bonchev–Trinajstić information content (AvgIpc) is 2.64. The number of ether oxygens (including phenoxy) is 1. The maximum atomic E-state index is 12.3. The number of nitrogens with one attached hydrogen (secondary N) is 1. The lowest BCUT2D eigenvalue weighted by molar-refractivity contribution is -0.146. The summed E-state index contributed by atoms with van der Waals surface area (Å²) in [6.07, 6.45) is 2.56. The molecule has 1 aromatic rings. The Labute approximate surface area is 121 Å². The number of carbonyl (C=O) groups is 1. The predicted octanol–water partition coefficient (Wildman–Crippen LogP) is 2.43. The molecule has 4 nitrogen and oxygen atoms in total. The van der Waals surface area contributed by atoms with Crippen molar-refractivity contribution in [3.05, 3.63) is 29.8 Å². The lowest BCUT2D eigenvalue weighted by atomic mass is 9.90. The highest BCUT2D eigenvalue weighted by molar-refractivity contribution is 5.84. The van der Waals surface area contributed by atoms with Crippen LogP contribution in [-0.4, -0.2) is 43.7 Å². The molecule has 1 heterocycles. The molecule has 2 rings (SSSR count). The highest BCUT2D eigenvalue weighted by atomic mass is 16.5. The summed E-state index contributed by atoms with van der Waals surface area (Å²) in [7, 11) is 3.56. The van der Waals surface area contributed by atoms with Crippen molar-refractivity contribution in [2.45, 2.75) is 31.7 Å². The average molecular weight is 276 g/mol. The van der Waals surface area contributed by atoms with Gasteiger partial charge in [-0.2, -0.15) is 0 Å². The van der Waals surface area contributed by atoms with Gasteiger partial charge in [0.2, 0.25) is 0 Å². The van der Waals surface area contributed by atoms with E-state index in [1.54, 1.807) is 0 Å². The number of nitrogens with zero attached hydrogens (tertiary/aromatic N) is 1. The first-order valence-electron chi connectivity index (χ1n) is 7.17. The molecule has 0 amide bonds. The molecule has 0 spiro atoms. The lowest BCUT2D eigenvalue weighted by Gasteiger charge is -2.32. The molecule has 1 atom stereocenters. The van der Waals surface area contributed by atoms with Crippen molar-refractivity contribution in [3.8, 4) is 0 Å². The number of rotatable bonds is 3. The van der Waals surface area contributed by atoms with Gasteiger partial charge in [-0.25, -0.2) is 4.79 Å². The Morgan fingerprint density at radius 2 is 1.95 bits per heavy atom. The highest BCUT2D eigenvalue weighted by Gasteiger charge is 2.40. The van der Waals surface area contributed by atoms with E-state index in [2.05, 4.69) is 36.3 Å². The lowest BCUT2D eigenvalue weighted by Crippen LogP contribution is -2.47. The van der Waals surface area contributed by atoms with E-state index >= 15 is 0 Å². The third-order valence-corrected chi connectivity index (χ3v) is 4.08. The summed E-state index contributed by atoms with van der Waals surface area (Å²) in [5, 5.41) is 3.43. The molecule has 0 radical (unpaired) electrons. The van der Waals surface area contributed by atoms with Gasteiger partial charge in [-0.1, -0.05) is 17.7 Å². The van der Waals surface area contributed by atoms with Crippen molar-refractivity contribution in [3.63, 3.8) is 0 Å². The zero-order valence-corrected chi connectivity index (χ0v) is 12.6. The molecule has 1 saturated heterocycles. The van der Waals surface area contributed by atoms with Crippen LogP contribution < -0.4 is 5.32 Å². The normalized spacial score (nSPS) is 23.9. The Kier molecular flexibility index (Phi) is 4.65. The number of esters is 1. The third-order valence-electron chi connectivity index (χ3n) is 4.08. The Hall–Kier alpha value is -1.55. The minimum Gasteiger partial charge on any atom is -0.467 e. The molecule has 4 heteroatoms. The van der Waals surface area contributed by atoms with Crippen LogP contribution in [0.3, 0.4) is 0 Å². The van der Waals surface area contributed by atoms with E-state index in [0.29, 0.717) is 0 Å².